The zero-order chi connectivity index (χ0) is 19.4. The van der Waals surface area contributed by atoms with Crippen molar-refractivity contribution in [3.8, 4) is 0 Å². The van der Waals surface area contributed by atoms with Crippen LogP contribution in [0.1, 0.15) is 36.3 Å². The number of hydrogen-bond acceptors (Lipinski definition) is 3. The van der Waals surface area contributed by atoms with Crippen LogP contribution in [0, 0.1) is 0 Å². The molecule has 2 N–H and O–H groups in total. The number of hydrazine groups is 1. The molecule has 0 unspecified atom stereocenters. The smallest absolute Gasteiger partial charge is 0.328 e. The summed E-state index contributed by atoms with van der Waals surface area (Å²) in [5, 5.41) is 11.9. The van der Waals surface area contributed by atoms with E-state index in [0.29, 0.717) is 28.6 Å². The summed E-state index contributed by atoms with van der Waals surface area (Å²) in [6.45, 7) is 0. The number of nitrogens with one attached hydrogen (secondary N) is 1. The SMILES string of the molecule is O=CNN1c2cc(Cl)cc(Cl)c2[C@H](CCCc2ccccc2)C[C@H]1C(=O)O. The lowest BCUT2D eigenvalue weighted by Crippen LogP contribution is -2.52. The van der Waals surface area contributed by atoms with Crippen LogP contribution >= 0.6 is 23.2 Å². The molecule has 0 saturated heterocycles. The Morgan fingerprint density at radius 2 is 2.00 bits per heavy atom. The van der Waals surface area contributed by atoms with Crippen molar-refractivity contribution in [2.24, 2.45) is 0 Å². The molecule has 3 rings (SSSR count). The molecule has 1 aliphatic rings. The van der Waals surface area contributed by atoms with Crippen molar-refractivity contribution in [3.05, 3.63) is 63.6 Å². The molecule has 0 aliphatic carbocycles. The zero-order valence-corrected chi connectivity index (χ0v) is 16.1. The fraction of sp³-hybridized carbons (Fsp3) is 0.300. The van der Waals surface area contributed by atoms with E-state index < -0.39 is 12.0 Å². The van der Waals surface area contributed by atoms with Gasteiger partial charge in [-0.1, -0.05) is 53.5 Å². The third-order valence-electron chi connectivity index (χ3n) is 4.90. The van der Waals surface area contributed by atoms with E-state index in [2.05, 4.69) is 17.6 Å². The maximum absolute atomic E-state index is 11.8. The number of anilines is 1. The number of amides is 1. The third-order valence-corrected chi connectivity index (χ3v) is 5.43. The van der Waals surface area contributed by atoms with Crippen molar-refractivity contribution in [1.82, 2.24) is 5.43 Å². The van der Waals surface area contributed by atoms with Crippen molar-refractivity contribution in [2.75, 3.05) is 5.01 Å². The largest absolute Gasteiger partial charge is 0.480 e. The zero-order valence-electron chi connectivity index (χ0n) is 14.6. The van der Waals surface area contributed by atoms with Crippen molar-refractivity contribution in [3.63, 3.8) is 0 Å². The lowest BCUT2D eigenvalue weighted by atomic mass is 9.82. The van der Waals surface area contributed by atoms with Gasteiger partial charge in [0.15, 0.2) is 0 Å². The average Bonchev–Trinajstić information content (AvgIpc) is 2.63. The van der Waals surface area contributed by atoms with Gasteiger partial charge in [-0.3, -0.25) is 15.2 Å². The Morgan fingerprint density at radius 3 is 2.67 bits per heavy atom. The highest BCUT2D eigenvalue weighted by atomic mass is 35.5. The summed E-state index contributed by atoms with van der Waals surface area (Å²) >= 11 is 12.6. The van der Waals surface area contributed by atoms with Crippen LogP contribution in [0.5, 0.6) is 0 Å². The number of carboxylic acids is 1. The fourth-order valence-electron chi connectivity index (χ4n) is 3.72. The van der Waals surface area contributed by atoms with E-state index in [-0.39, 0.29) is 5.92 Å². The number of rotatable bonds is 7. The number of hydrogen-bond donors (Lipinski definition) is 2. The highest BCUT2D eigenvalue weighted by Crippen LogP contribution is 2.45. The van der Waals surface area contributed by atoms with Gasteiger partial charge in [-0.05, 0) is 54.9 Å². The molecule has 0 fully saturated rings. The molecule has 1 heterocycles. The minimum atomic E-state index is -1.00. The summed E-state index contributed by atoms with van der Waals surface area (Å²) in [6.07, 6.45) is 3.43. The monoisotopic (exact) mass is 406 g/mol. The van der Waals surface area contributed by atoms with Gasteiger partial charge >= 0.3 is 5.97 Å². The van der Waals surface area contributed by atoms with Crippen molar-refractivity contribution >= 4 is 41.3 Å². The number of carbonyl (C=O) groups excluding carboxylic acids is 1. The van der Waals surface area contributed by atoms with Gasteiger partial charge in [-0.15, -0.1) is 0 Å². The molecular weight excluding hydrogens is 387 g/mol. The number of carbonyl (C=O) groups is 2. The number of halogens is 2. The molecule has 2 aromatic carbocycles. The second-order valence-electron chi connectivity index (χ2n) is 6.60. The first-order valence-electron chi connectivity index (χ1n) is 8.76. The summed E-state index contributed by atoms with van der Waals surface area (Å²) in [6, 6.07) is 12.6. The first-order chi connectivity index (χ1) is 13.0. The Morgan fingerprint density at radius 1 is 1.26 bits per heavy atom. The van der Waals surface area contributed by atoms with E-state index in [4.69, 9.17) is 23.2 Å². The molecule has 7 heteroatoms. The average molecular weight is 407 g/mol. The van der Waals surface area contributed by atoms with Crippen molar-refractivity contribution in [2.45, 2.75) is 37.6 Å². The van der Waals surface area contributed by atoms with Gasteiger partial charge in [0.05, 0.1) is 5.69 Å². The Labute approximate surface area is 167 Å². The normalized spacial score (nSPS) is 18.7. The van der Waals surface area contributed by atoms with E-state index in [0.717, 1.165) is 24.8 Å². The van der Waals surface area contributed by atoms with Gasteiger partial charge in [0.25, 0.3) is 0 Å². The van der Waals surface area contributed by atoms with Crippen LogP contribution in [0.4, 0.5) is 5.69 Å². The van der Waals surface area contributed by atoms with Crippen LogP contribution in [0.3, 0.4) is 0 Å². The van der Waals surface area contributed by atoms with Gasteiger partial charge in [-0.2, -0.15) is 0 Å². The van der Waals surface area contributed by atoms with Crippen LogP contribution in [-0.4, -0.2) is 23.5 Å². The summed E-state index contributed by atoms with van der Waals surface area (Å²) in [5.74, 6) is -1.03. The molecule has 5 nitrogen and oxygen atoms in total. The number of nitrogens with zero attached hydrogens (tertiary/aromatic N) is 1. The van der Waals surface area contributed by atoms with E-state index in [1.54, 1.807) is 12.1 Å². The van der Waals surface area contributed by atoms with Gasteiger partial charge in [0.2, 0.25) is 6.41 Å². The highest BCUT2D eigenvalue weighted by molar-refractivity contribution is 6.35. The fourth-order valence-corrected chi connectivity index (χ4v) is 4.36. The maximum Gasteiger partial charge on any atom is 0.328 e. The van der Waals surface area contributed by atoms with Crippen LogP contribution in [0.25, 0.3) is 0 Å². The second kappa shape index (κ2) is 8.63. The molecule has 1 aliphatic heterocycles. The number of aryl methyl sites for hydroxylation is 1. The highest BCUT2D eigenvalue weighted by Gasteiger charge is 2.38. The van der Waals surface area contributed by atoms with Gasteiger partial charge in [0, 0.05) is 10.0 Å². The molecular formula is C20H20Cl2N2O3. The Kier molecular flexibility index (Phi) is 6.24. The quantitative estimate of drug-likeness (QED) is 0.667. The minimum absolute atomic E-state index is 0.0284. The summed E-state index contributed by atoms with van der Waals surface area (Å²) in [7, 11) is 0. The summed E-state index contributed by atoms with van der Waals surface area (Å²) in [4.78, 5) is 22.8. The van der Waals surface area contributed by atoms with Gasteiger partial charge < -0.3 is 5.11 Å². The number of carboxylic acid groups (broad SMARTS) is 1. The van der Waals surface area contributed by atoms with Crippen molar-refractivity contribution < 1.29 is 14.7 Å². The van der Waals surface area contributed by atoms with Crippen LogP contribution in [0.2, 0.25) is 10.0 Å². The molecule has 2 atom stereocenters. The standard InChI is InChI=1S/C20H20Cl2N2O3/c21-15-10-16(22)19-14(8-4-7-13-5-2-1-3-6-13)9-18(20(26)27)24(23-12-25)17(19)11-15/h1-3,5-6,10-12,14,18H,4,7-9H2,(H,23,25)(H,26,27)/t14-,18+/m1/s1. The van der Waals surface area contributed by atoms with E-state index >= 15 is 0 Å². The molecule has 0 saturated carbocycles. The molecule has 0 aromatic heterocycles. The van der Waals surface area contributed by atoms with Crippen LogP contribution in [0.15, 0.2) is 42.5 Å². The number of benzene rings is 2. The van der Waals surface area contributed by atoms with E-state index in [1.165, 1.54) is 10.6 Å². The van der Waals surface area contributed by atoms with E-state index in [9.17, 15) is 14.7 Å². The molecule has 0 spiro atoms. The second-order valence-corrected chi connectivity index (χ2v) is 7.45. The third kappa shape index (κ3) is 4.37. The molecule has 2 aromatic rings. The predicted octanol–water partition coefficient (Wildman–Crippen LogP) is 4.42. The topological polar surface area (TPSA) is 69.6 Å². The predicted molar refractivity (Wildman–Crippen MR) is 106 cm³/mol. The lowest BCUT2D eigenvalue weighted by molar-refractivity contribution is -0.139. The molecule has 0 bridgehead atoms. The first-order valence-corrected chi connectivity index (χ1v) is 9.51. The first kappa shape index (κ1) is 19.5. The molecule has 27 heavy (non-hydrogen) atoms. The Balaban J connectivity index is 1.88. The molecule has 1 amide bonds. The van der Waals surface area contributed by atoms with Gasteiger partial charge in [-0.25, -0.2) is 4.79 Å². The van der Waals surface area contributed by atoms with Crippen molar-refractivity contribution in [1.29, 1.82) is 0 Å². The maximum atomic E-state index is 11.8. The van der Waals surface area contributed by atoms with Crippen LogP contribution in [-0.2, 0) is 16.0 Å². The molecule has 0 radical (unpaired) electrons. The number of aliphatic carboxylic acids is 1. The Bertz CT molecular complexity index is 829. The molecule has 142 valence electrons. The van der Waals surface area contributed by atoms with Crippen LogP contribution < -0.4 is 10.4 Å². The van der Waals surface area contributed by atoms with E-state index in [1.807, 2.05) is 18.2 Å². The van der Waals surface area contributed by atoms with Gasteiger partial charge in [0.1, 0.15) is 6.04 Å². The summed E-state index contributed by atoms with van der Waals surface area (Å²) < 4.78 is 0. The minimum Gasteiger partial charge on any atom is -0.480 e. The number of fused-ring (bicyclic) bond motifs is 1. The Hall–Kier alpha value is -2.24. The summed E-state index contributed by atoms with van der Waals surface area (Å²) in [5.41, 5.74) is 5.11. The lowest BCUT2D eigenvalue weighted by Gasteiger charge is -2.39.